The Bertz CT molecular complexity index is 426. The molecule has 2 N–H and O–H groups in total. The van der Waals surface area contributed by atoms with E-state index in [0.717, 1.165) is 12.1 Å². The summed E-state index contributed by atoms with van der Waals surface area (Å²) < 4.78 is 10.2. The molecule has 20 heavy (non-hydrogen) atoms. The highest BCUT2D eigenvalue weighted by atomic mass is 16.6. The average Bonchev–Trinajstić information content (AvgIpc) is 2.46. The first-order valence-corrected chi connectivity index (χ1v) is 6.45. The van der Waals surface area contributed by atoms with E-state index >= 15 is 0 Å². The van der Waals surface area contributed by atoms with Crippen LogP contribution in [0.3, 0.4) is 0 Å². The molecule has 0 heterocycles. The standard InChI is InChI=1S/C13H21N3O4/c1-14-11-8-12(10-13(9-11)16(17)18)15-4-3-5-20-7-6-19-2/h8-10,14-15H,3-7H2,1-2H3. The average molecular weight is 283 g/mol. The summed E-state index contributed by atoms with van der Waals surface area (Å²) in [5.41, 5.74) is 1.49. The second-order valence-corrected chi connectivity index (χ2v) is 4.16. The van der Waals surface area contributed by atoms with Crippen molar-refractivity contribution in [2.24, 2.45) is 0 Å². The Morgan fingerprint density at radius 3 is 2.60 bits per heavy atom. The fourth-order valence-corrected chi connectivity index (χ4v) is 1.61. The lowest BCUT2D eigenvalue weighted by Gasteiger charge is -2.09. The van der Waals surface area contributed by atoms with Crippen LogP contribution in [0, 0.1) is 10.1 Å². The van der Waals surface area contributed by atoms with Crippen LogP contribution in [-0.4, -0.2) is 45.4 Å². The van der Waals surface area contributed by atoms with E-state index in [1.807, 2.05) is 6.07 Å². The van der Waals surface area contributed by atoms with Gasteiger partial charge >= 0.3 is 0 Å². The smallest absolute Gasteiger partial charge is 0.273 e. The first kappa shape index (κ1) is 16.2. The molecule has 0 aliphatic heterocycles. The summed E-state index contributed by atoms with van der Waals surface area (Å²) in [5, 5.41) is 16.9. The van der Waals surface area contributed by atoms with Gasteiger partial charge in [0.1, 0.15) is 0 Å². The molecule has 1 aromatic rings. The molecule has 0 aromatic heterocycles. The quantitative estimate of drug-likeness (QED) is 0.388. The zero-order valence-corrected chi connectivity index (χ0v) is 11.8. The molecular weight excluding hydrogens is 262 g/mol. The lowest BCUT2D eigenvalue weighted by Crippen LogP contribution is -2.08. The van der Waals surface area contributed by atoms with E-state index in [-0.39, 0.29) is 5.69 Å². The van der Waals surface area contributed by atoms with Gasteiger partial charge in [-0.3, -0.25) is 10.1 Å². The second kappa shape index (κ2) is 9.11. The number of nitro benzene ring substituents is 1. The molecule has 0 atom stereocenters. The minimum Gasteiger partial charge on any atom is -0.388 e. The molecule has 112 valence electrons. The predicted octanol–water partition coefficient (Wildman–Crippen LogP) is 2.10. The molecule has 0 aliphatic carbocycles. The topological polar surface area (TPSA) is 85.7 Å². The third-order valence-corrected chi connectivity index (χ3v) is 2.64. The number of nitrogens with one attached hydrogen (secondary N) is 2. The molecule has 0 amide bonds. The van der Waals surface area contributed by atoms with Crippen LogP contribution in [0.4, 0.5) is 17.1 Å². The van der Waals surface area contributed by atoms with E-state index in [2.05, 4.69) is 10.6 Å². The van der Waals surface area contributed by atoms with Crippen LogP contribution in [0.5, 0.6) is 0 Å². The normalized spacial score (nSPS) is 10.3. The molecule has 0 unspecified atom stereocenters. The van der Waals surface area contributed by atoms with Gasteiger partial charge < -0.3 is 20.1 Å². The van der Waals surface area contributed by atoms with Gasteiger partial charge in [0.2, 0.25) is 0 Å². The molecule has 1 aromatic carbocycles. The number of anilines is 2. The Hall–Kier alpha value is -1.86. The van der Waals surface area contributed by atoms with Gasteiger partial charge in [0.25, 0.3) is 5.69 Å². The van der Waals surface area contributed by atoms with Gasteiger partial charge in [-0.15, -0.1) is 0 Å². The summed E-state index contributed by atoms with van der Waals surface area (Å²) in [4.78, 5) is 10.4. The second-order valence-electron chi connectivity index (χ2n) is 4.16. The monoisotopic (exact) mass is 283 g/mol. The molecule has 0 fully saturated rings. The molecule has 0 saturated heterocycles. The van der Waals surface area contributed by atoms with Gasteiger partial charge in [0.15, 0.2) is 0 Å². The lowest BCUT2D eigenvalue weighted by molar-refractivity contribution is -0.384. The molecule has 7 heteroatoms. The number of hydrogen-bond acceptors (Lipinski definition) is 6. The zero-order valence-electron chi connectivity index (χ0n) is 11.8. The fourth-order valence-electron chi connectivity index (χ4n) is 1.61. The van der Waals surface area contributed by atoms with E-state index < -0.39 is 4.92 Å². The van der Waals surface area contributed by atoms with Gasteiger partial charge in [0.05, 0.1) is 18.1 Å². The third-order valence-electron chi connectivity index (χ3n) is 2.64. The number of methoxy groups -OCH3 is 1. The molecule has 1 rings (SSSR count). The zero-order chi connectivity index (χ0) is 14.8. The van der Waals surface area contributed by atoms with E-state index in [1.54, 1.807) is 14.2 Å². The summed E-state index contributed by atoms with van der Waals surface area (Å²) >= 11 is 0. The van der Waals surface area contributed by atoms with Crippen LogP contribution in [0.15, 0.2) is 18.2 Å². The van der Waals surface area contributed by atoms with E-state index in [0.29, 0.717) is 32.1 Å². The van der Waals surface area contributed by atoms with Crippen LogP contribution in [0.25, 0.3) is 0 Å². The van der Waals surface area contributed by atoms with Crippen molar-refractivity contribution in [1.82, 2.24) is 0 Å². The summed E-state index contributed by atoms with van der Waals surface area (Å²) in [6, 6.07) is 4.85. The summed E-state index contributed by atoms with van der Waals surface area (Å²) in [6.07, 6.45) is 0.821. The van der Waals surface area contributed by atoms with Gasteiger partial charge in [0, 0.05) is 50.8 Å². The summed E-state index contributed by atoms with van der Waals surface area (Å²) in [6.45, 7) is 2.49. The minimum absolute atomic E-state index is 0.0655. The number of nitrogens with zero attached hydrogens (tertiary/aromatic N) is 1. The SMILES string of the molecule is CNc1cc(NCCCOCCOC)cc([N+](=O)[O-])c1. The highest BCUT2D eigenvalue weighted by Crippen LogP contribution is 2.23. The highest BCUT2D eigenvalue weighted by molar-refractivity contribution is 5.63. The fraction of sp³-hybridized carbons (Fsp3) is 0.538. The number of non-ortho nitro benzene ring substituents is 1. The number of hydrogen-bond donors (Lipinski definition) is 2. The molecule has 7 nitrogen and oxygen atoms in total. The van der Waals surface area contributed by atoms with Crippen molar-refractivity contribution < 1.29 is 14.4 Å². The maximum atomic E-state index is 10.8. The van der Waals surface area contributed by atoms with Crippen molar-refractivity contribution in [1.29, 1.82) is 0 Å². The van der Waals surface area contributed by atoms with Crippen molar-refractivity contribution in [3.63, 3.8) is 0 Å². The van der Waals surface area contributed by atoms with Crippen molar-refractivity contribution in [3.05, 3.63) is 28.3 Å². The first-order chi connectivity index (χ1) is 9.67. The van der Waals surface area contributed by atoms with Gasteiger partial charge in [-0.25, -0.2) is 0 Å². The Balaban J connectivity index is 2.39. The molecule has 0 saturated carbocycles. The Morgan fingerprint density at radius 1 is 1.20 bits per heavy atom. The van der Waals surface area contributed by atoms with E-state index in [4.69, 9.17) is 9.47 Å². The van der Waals surface area contributed by atoms with Crippen LogP contribution >= 0.6 is 0 Å². The van der Waals surface area contributed by atoms with Crippen LogP contribution in [-0.2, 0) is 9.47 Å². The number of rotatable bonds is 10. The summed E-state index contributed by atoms with van der Waals surface area (Å²) in [5.74, 6) is 0. The molecule has 0 bridgehead atoms. The molecule has 0 spiro atoms. The summed E-state index contributed by atoms with van der Waals surface area (Å²) in [7, 11) is 3.36. The minimum atomic E-state index is -0.403. The molecule has 0 aliphatic rings. The number of benzene rings is 1. The van der Waals surface area contributed by atoms with Crippen LogP contribution in [0.2, 0.25) is 0 Å². The maximum Gasteiger partial charge on any atom is 0.273 e. The van der Waals surface area contributed by atoms with Crippen molar-refractivity contribution >= 4 is 17.1 Å². The third kappa shape index (κ3) is 5.85. The highest BCUT2D eigenvalue weighted by Gasteiger charge is 2.08. The lowest BCUT2D eigenvalue weighted by atomic mass is 10.2. The number of nitro groups is 1. The molecular formula is C13H21N3O4. The number of ether oxygens (including phenoxy) is 2. The van der Waals surface area contributed by atoms with Crippen LogP contribution < -0.4 is 10.6 Å². The van der Waals surface area contributed by atoms with Crippen molar-refractivity contribution in [3.8, 4) is 0 Å². The Kier molecular flexibility index (Phi) is 7.38. The van der Waals surface area contributed by atoms with E-state index in [9.17, 15) is 10.1 Å². The largest absolute Gasteiger partial charge is 0.388 e. The maximum absolute atomic E-state index is 10.8. The van der Waals surface area contributed by atoms with E-state index in [1.165, 1.54) is 12.1 Å². The van der Waals surface area contributed by atoms with Crippen LogP contribution in [0.1, 0.15) is 6.42 Å². The van der Waals surface area contributed by atoms with Crippen molar-refractivity contribution in [2.75, 3.05) is 51.2 Å². The Morgan fingerprint density at radius 2 is 1.95 bits per heavy atom. The first-order valence-electron chi connectivity index (χ1n) is 6.45. The molecule has 0 radical (unpaired) electrons. The van der Waals surface area contributed by atoms with Gasteiger partial charge in [-0.1, -0.05) is 0 Å². The Labute approximate surface area is 118 Å². The van der Waals surface area contributed by atoms with Gasteiger partial charge in [-0.05, 0) is 12.5 Å². The predicted molar refractivity (Wildman–Crippen MR) is 78.4 cm³/mol. The van der Waals surface area contributed by atoms with Crippen molar-refractivity contribution in [2.45, 2.75) is 6.42 Å². The van der Waals surface area contributed by atoms with Gasteiger partial charge in [-0.2, -0.15) is 0 Å².